The Labute approximate surface area is 234 Å². The molecular formula is C28H21ClN4O4S2. The zero-order valence-electron chi connectivity index (χ0n) is 20.3. The summed E-state index contributed by atoms with van der Waals surface area (Å²) in [4.78, 5) is 13.1. The smallest absolute Gasteiger partial charge is 0.264 e. The number of carbonyl (C=O) groups excluding carboxylic acids is 1. The Morgan fingerprint density at radius 2 is 1.44 bits per heavy atom. The summed E-state index contributed by atoms with van der Waals surface area (Å²) in [6.07, 6.45) is 0. The fourth-order valence-corrected chi connectivity index (χ4v) is 5.95. The van der Waals surface area contributed by atoms with Crippen LogP contribution in [0, 0.1) is 0 Å². The van der Waals surface area contributed by atoms with Crippen molar-refractivity contribution in [2.75, 3.05) is 16.2 Å². The molecule has 0 saturated heterocycles. The van der Waals surface area contributed by atoms with Crippen LogP contribution in [0.3, 0.4) is 0 Å². The van der Waals surface area contributed by atoms with Gasteiger partial charge in [-0.05, 0) is 60.7 Å². The van der Waals surface area contributed by atoms with Crippen molar-refractivity contribution < 1.29 is 17.9 Å². The molecule has 0 spiro atoms. The maximum absolute atomic E-state index is 13.6. The number of aromatic nitrogens is 2. The molecule has 1 aromatic heterocycles. The van der Waals surface area contributed by atoms with Crippen LogP contribution in [-0.4, -0.2) is 31.1 Å². The van der Waals surface area contributed by atoms with E-state index in [-0.39, 0.29) is 10.0 Å². The van der Waals surface area contributed by atoms with E-state index >= 15 is 0 Å². The lowest BCUT2D eigenvalue weighted by Crippen LogP contribution is -2.38. The van der Waals surface area contributed by atoms with Crippen LogP contribution in [0.1, 0.15) is 0 Å². The summed E-state index contributed by atoms with van der Waals surface area (Å²) < 4.78 is 34.1. The number of nitrogens with one attached hydrogen (secondary N) is 1. The third-order valence-corrected chi connectivity index (χ3v) is 8.41. The fourth-order valence-electron chi connectivity index (χ4n) is 3.61. The summed E-state index contributed by atoms with van der Waals surface area (Å²) >= 11 is 7.12. The fraction of sp³-hybridized carbons (Fsp3) is 0.0357. The molecule has 5 rings (SSSR count). The lowest BCUT2D eigenvalue weighted by Gasteiger charge is -2.24. The van der Waals surface area contributed by atoms with E-state index in [4.69, 9.17) is 16.3 Å². The molecule has 0 saturated carbocycles. The van der Waals surface area contributed by atoms with E-state index in [1.54, 1.807) is 66.7 Å². The number of nitrogens with zero attached hydrogens (tertiary/aromatic N) is 3. The minimum atomic E-state index is -4.07. The van der Waals surface area contributed by atoms with Gasteiger partial charge in [-0.15, -0.1) is 10.2 Å². The Morgan fingerprint density at radius 1 is 0.821 bits per heavy atom. The van der Waals surface area contributed by atoms with Crippen molar-refractivity contribution in [3.8, 4) is 22.1 Å². The second-order valence-corrected chi connectivity index (χ2v) is 11.5. The number of ether oxygens (including phenoxy) is 1. The molecule has 196 valence electrons. The van der Waals surface area contributed by atoms with Gasteiger partial charge >= 0.3 is 0 Å². The van der Waals surface area contributed by atoms with E-state index in [1.165, 1.54) is 23.5 Å². The molecule has 11 heteroatoms. The first-order valence-corrected chi connectivity index (χ1v) is 14.3. The molecule has 0 bridgehead atoms. The summed E-state index contributed by atoms with van der Waals surface area (Å²) in [6.45, 7) is -0.480. The van der Waals surface area contributed by atoms with Crippen LogP contribution >= 0.6 is 22.9 Å². The molecule has 0 fully saturated rings. The predicted octanol–water partition coefficient (Wildman–Crippen LogP) is 6.48. The highest BCUT2D eigenvalue weighted by Crippen LogP contribution is 2.30. The Kier molecular flexibility index (Phi) is 7.87. The molecule has 0 radical (unpaired) electrons. The molecule has 1 heterocycles. The van der Waals surface area contributed by atoms with Crippen LogP contribution in [0.15, 0.2) is 114 Å². The Morgan fingerprint density at radius 3 is 2.10 bits per heavy atom. The summed E-state index contributed by atoms with van der Waals surface area (Å²) in [7, 11) is -4.07. The van der Waals surface area contributed by atoms with Crippen molar-refractivity contribution in [2.45, 2.75) is 4.90 Å². The van der Waals surface area contributed by atoms with Crippen molar-refractivity contribution in [1.82, 2.24) is 10.2 Å². The monoisotopic (exact) mass is 576 g/mol. The molecule has 0 unspecified atom stereocenters. The zero-order chi connectivity index (χ0) is 27.2. The normalized spacial score (nSPS) is 11.1. The first-order valence-electron chi connectivity index (χ1n) is 11.7. The average molecular weight is 577 g/mol. The first-order chi connectivity index (χ1) is 18.9. The number of rotatable bonds is 9. The van der Waals surface area contributed by atoms with Crippen LogP contribution in [-0.2, 0) is 14.8 Å². The molecule has 0 aliphatic rings. The van der Waals surface area contributed by atoms with Gasteiger partial charge in [0.15, 0.2) is 0 Å². The second-order valence-electron chi connectivity index (χ2n) is 8.20. The number of carbonyl (C=O) groups is 1. The van der Waals surface area contributed by atoms with E-state index in [2.05, 4.69) is 15.5 Å². The summed E-state index contributed by atoms with van der Waals surface area (Å²) in [5.74, 6) is 0.599. The number of anilines is 2. The zero-order valence-corrected chi connectivity index (χ0v) is 22.7. The molecule has 1 N–H and O–H groups in total. The highest BCUT2D eigenvalue weighted by molar-refractivity contribution is 7.92. The van der Waals surface area contributed by atoms with E-state index in [1.807, 2.05) is 30.3 Å². The van der Waals surface area contributed by atoms with Gasteiger partial charge < -0.3 is 4.74 Å². The Bertz CT molecular complexity index is 1660. The third kappa shape index (κ3) is 6.43. The SMILES string of the molecule is O=C(CN(c1ccc(Oc2ccccc2)cc1)S(=O)(=O)c1ccccc1)Nc1nnc(-c2ccc(Cl)cc2)s1. The Hall–Kier alpha value is -4.25. The number of hydrogen-bond donors (Lipinski definition) is 1. The molecular weight excluding hydrogens is 556 g/mol. The van der Waals surface area contributed by atoms with E-state index in [9.17, 15) is 13.2 Å². The maximum Gasteiger partial charge on any atom is 0.264 e. The largest absolute Gasteiger partial charge is 0.457 e. The van der Waals surface area contributed by atoms with E-state index in [0.717, 1.165) is 9.87 Å². The summed E-state index contributed by atoms with van der Waals surface area (Å²) in [5, 5.41) is 12.2. The van der Waals surface area contributed by atoms with Gasteiger partial charge in [-0.2, -0.15) is 0 Å². The van der Waals surface area contributed by atoms with Gasteiger partial charge in [-0.1, -0.05) is 71.5 Å². The van der Waals surface area contributed by atoms with Gasteiger partial charge in [-0.25, -0.2) is 8.42 Å². The van der Waals surface area contributed by atoms with Gasteiger partial charge in [0.25, 0.3) is 10.0 Å². The average Bonchev–Trinajstić information content (AvgIpc) is 3.42. The lowest BCUT2D eigenvalue weighted by atomic mass is 10.2. The lowest BCUT2D eigenvalue weighted by molar-refractivity contribution is -0.114. The van der Waals surface area contributed by atoms with Gasteiger partial charge in [0, 0.05) is 10.6 Å². The van der Waals surface area contributed by atoms with E-state index < -0.39 is 22.5 Å². The van der Waals surface area contributed by atoms with Crippen molar-refractivity contribution >= 4 is 49.7 Å². The molecule has 8 nitrogen and oxygen atoms in total. The molecule has 39 heavy (non-hydrogen) atoms. The van der Waals surface area contributed by atoms with Crippen LogP contribution in [0.5, 0.6) is 11.5 Å². The van der Waals surface area contributed by atoms with Crippen LogP contribution < -0.4 is 14.4 Å². The van der Waals surface area contributed by atoms with Gasteiger partial charge in [0.05, 0.1) is 10.6 Å². The maximum atomic E-state index is 13.6. The molecule has 1 amide bonds. The number of amides is 1. The van der Waals surface area contributed by atoms with Gasteiger partial charge in [0.2, 0.25) is 11.0 Å². The number of benzene rings is 4. The van der Waals surface area contributed by atoms with Crippen LogP contribution in [0.4, 0.5) is 10.8 Å². The minimum absolute atomic E-state index is 0.0587. The molecule has 0 aliphatic carbocycles. The number of para-hydroxylation sites is 1. The molecule has 5 aromatic rings. The highest BCUT2D eigenvalue weighted by atomic mass is 35.5. The quantitative estimate of drug-likeness (QED) is 0.215. The second kappa shape index (κ2) is 11.6. The van der Waals surface area contributed by atoms with Crippen LogP contribution in [0.2, 0.25) is 5.02 Å². The van der Waals surface area contributed by atoms with Gasteiger partial charge in [-0.3, -0.25) is 14.4 Å². The summed E-state index contributed by atoms with van der Waals surface area (Å²) in [6, 6.07) is 30.7. The van der Waals surface area contributed by atoms with E-state index in [0.29, 0.717) is 27.2 Å². The van der Waals surface area contributed by atoms with Crippen molar-refractivity contribution in [1.29, 1.82) is 0 Å². The number of hydrogen-bond acceptors (Lipinski definition) is 7. The molecule has 4 aromatic carbocycles. The third-order valence-electron chi connectivity index (χ3n) is 5.48. The van der Waals surface area contributed by atoms with Crippen molar-refractivity contribution in [3.63, 3.8) is 0 Å². The van der Waals surface area contributed by atoms with Crippen molar-refractivity contribution in [3.05, 3.63) is 114 Å². The number of halogens is 1. The summed E-state index contributed by atoms with van der Waals surface area (Å²) in [5.41, 5.74) is 1.09. The Balaban J connectivity index is 1.37. The standard InChI is InChI=1S/C28H21ClN4O4S2/c29-21-13-11-20(12-14-21)27-31-32-28(38-27)30-26(34)19-33(39(35,36)25-9-5-2-6-10-25)22-15-17-24(18-16-22)37-23-7-3-1-4-8-23/h1-18H,19H2,(H,30,32,34). The predicted molar refractivity (Wildman–Crippen MR) is 153 cm³/mol. The molecule has 0 atom stereocenters. The van der Waals surface area contributed by atoms with Crippen molar-refractivity contribution in [2.24, 2.45) is 0 Å². The topological polar surface area (TPSA) is 101 Å². The first kappa shape index (κ1) is 26.4. The number of sulfonamides is 1. The van der Waals surface area contributed by atoms with Gasteiger partial charge in [0.1, 0.15) is 23.1 Å². The highest BCUT2D eigenvalue weighted by Gasteiger charge is 2.27. The molecule has 0 aliphatic heterocycles. The van der Waals surface area contributed by atoms with Crippen LogP contribution in [0.25, 0.3) is 10.6 Å². The minimum Gasteiger partial charge on any atom is -0.457 e.